The van der Waals surface area contributed by atoms with Crippen LogP contribution in [0.1, 0.15) is 18.4 Å². The molecule has 0 aromatic heterocycles. The Kier molecular flexibility index (Phi) is 16.3. The minimum atomic E-state index is -1.07. The van der Waals surface area contributed by atoms with Gasteiger partial charge in [0.05, 0.1) is 36.5 Å². The number of aliphatic imine (C=N–C) groups is 1. The van der Waals surface area contributed by atoms with Gasteiger partial charge in [-0.3, -0.25) is 43.6 Å². The number of carbonyl (C=O) groups is 5. The van der Waals surface area contributed by atoms with Crippen LogP contribution in [0.4, 0.5) is 5.69 Å². The second-order valence-electron chi connectivity index (χ2n) is 10.4. The number of benzene rings is 1. The van der Waals surface area contributed by atoms with E-state index in [0.29, 0.717) is 5.69 Å². The maximum absolute atomic E-state index is 12.9. The van der Waals surface area contributed by atoms with Crippen LogP contribution in [-0.2, 0) is 30.5 Å². The number of ketones is 1. The van der Waals surface area contributed by atoms with Gasteiger partial charge >= 0.3 is 17.9 Å². The van der Waals surface area contributed by atoms with E-state index in [4.69, 9.17) is 0 Å². The van der Waals surface area contributed by atoms with Crippen LogP contribution in [0.5, 0.6) is 0 Å². The van der Waals surface area contributed by atoms with Gasteiger partial charge in [0, 0.05) is 65.3 Å². The van der Waals surface area contributed by atoms with Crippen molar-refractivity contribution in [3.8, 4) is 0 Å². The van der Waals surface area contributed by atoms with Crippen molar-refractivity contribution >= 4 is 52.7 Å². The van der Waals surface area contributed by atoms with Crippen molar-refractivity contribution in [3.63, 3.8) is 0 Å². The number of carbonyl (C=O) groups excluding carboxylic acids is 2. The topological polar surface area (TPSA) is 204 Å². The smallest absolute Gasteiger partial charge is 0.317 e. The normalized spacial score (nSPS) is 16.9. The number of isothiocyanates is 1. The van der Waals surface area contributed by atoms with E-state index in [1.165, 1.54) is 0 Å². The van der Waals surface area contributed by atoms with Gasteiger partial charge in [-0.15, -0.1) is 0 Å². The van der Waals surface area contributed by atoms with Gasteiger partial charge in [0.25, 0.3) is 0 Å². The first kappa shape index (κ1) is 36.6. The molecule has 1 fully saturated rings. The number of thiocarbonyl (C=S) groups is 1. The Hall–Kier alpha value is -3.63. The summed E-state index contributed by atoms with van der Waals surface area (Å²) in [5.41, 5.74) is 1.46. The third kappa shape index (κ3) is 14.2. The summed E-state index contributed by atoms with van der Waals surface area (Å²) < 4.78 is 0. The molecule has 1 unspecified atom stereocenters. The van der Waals surface area contributed by atoms with Crippen LogP contribution in [0.2, 0.25) is 0 Å². The molecule has 1 heterocycles. The monoisotopic (exact) mass is 636 g/mol. The zero-order valence-electron chi connectivity index (χ0n) is 24.5. The highest BCUT2D eigenvalue weighted by molar-refractivity contribution is 7.78. The highest BCUT2D eigenvalue weighted by Crippen LogP contribution is 2.14. The first-order valence-electron chi connectivity index (χ1n) is 14.1. The molecule has 0 bridgehead atoms. The van der Waals surface area contributed by atoms with E-state index in [2.05, 4.69) is 27.7 Å². The number of Topliss-reactive ketones (excluding diaryl/α,β-unsaturated/α-hetero) is 1. The van der Waals surface area contributed by atoms with Crippen molar-refractivity contribution in [2.24, 2.45) is 4.99 Å². The molecule has 1 aromatic carbocycles. The second kappa shape index (κ2) is 19.6. The summed E-state index contributed by atoms with van der Waals surface area (Å²) in [6, 6.07) is 6.17. The lowest BCUT2D eigenvalue weighted by Crippen LogP contribution is -2.52. The molecule has 0 spiro atoms. The Morgan fingerprint density at radius 1 is 0.795 bits per heavy atom. The number of nitrogens with one attached hydrogen (secondary N) is 1. The zero-order valence-corrected chi connectivity index (χ0v) is 25.3. The Morgan fingerprint density at radius 3 is 1.66 bits per heavy atom. The van der Waals surface area contributed by atoms with E-state index >= 15 is 0 Å². The Labute approximate surface area is 260 Å². The molecule has 1 saturated heterocycles. The van der Waals surface area contributed by atoms with Crippen LogP contribution < -0.4 is 5.32 Å². The quantitative estimate of drug-likeness (QED) is 0.118. The number of hydrogen-bond donors (Lipinski definition) is 5. The van der Waals surface area contributed by atoms with Gasteiger partial charge in [0.15, 0.2) is 5.78 Å². The Morgan fingerprint density at radius 2 is 1.25 bits per heavy atom. The average Bonchev–Trinajstić information content (AvgIpc) is 2.96. The van der Waals surface area contributed by atoms with Crippen LogP contribution in [-0.4, -0.2) is 159 Å². The minimum absolute atomic E-state index is 0.0258. The molecule has 44 heavy (non-hydrogen) atoms. The van der Waals surface area contributed by atoms with E-state index in [9.17, 15) is 44.4 Å². The summed E-state index contributed by atoms with van der Waals surface area (Å²) in [5.74, 6) is -4.01. The number of carboxylic acids is 3. The van der Waals surface area contributed by atoms with E-state index in [1.54, 1.807) is 43.9 Å². The fourth-order valence-electron chi connectivity index (χ4n) is 4.86. The fourth-order valence-corrected chi connectivity index (χ4v) is 4.97. The van der Waals surface area contributed by atoms with Crippen molar-refractivity contribution in [3.05, 3.63) is 29.8 Å². The standard InChI is InChI=1S/C28H40N6O9S/c35-19-24(36)23(5-6-25(37)29-15-21-1-3-22(4-2-21)30-20-44)34-13-11-32(17-27(40)41)9-7-31(16-26(38)39)8-10-33(12-14-34)18-28(42)43/h1-4,23,35H,5-19H2,(H,29,37)(H,38,39)(H,40,41)(H,42,43). The molecular formula is C28H40N6O9S. The predicted molar refractivity (Wildman–Crippen MR) is 162 cm³/mol. The fraction of sp³-hybridized carbons (Fsp3) is 0.571. The number of aliphatic hydroxyl groups excluding tert-OH is 1. The van der Waals surface area contributed by atoms with Gasteiger partial charge in [-0.1, -0.05) is 12.1 Å². The van der Waals surface area contributed by atoms with Gasteiger partial charge in [0.1, 0.15) is 6.61 Å². The van der Waals surface area contributed by atoms with Crippen molar-refractivity contribution in [1.82, 2.24) is 24.9 Å². The number of nitrogens with zero attached hydrogens (tertiary/aromatic N) is 5. The Bertz CT molecular complexity index is 1150. The summed E-state index contributed by atoms with van der Waals surface area (Å²) in [7, 11) is 0. The molecule has 0 radical (unpaired) electrons. The molecule has 1 aliphatic heterocycles. The number of aliphatic carboxylic acids is 3. The molecule has 16 heteroatoms. The third-order valence-corrected chi connectivity index (χ3v) is 7.25. The number of aliphatic hydroxyl groups is 1. The third-order valence-electron chi connectivity index (χ3n) is 7.16. The number of carboxylic acid groups (broad SMARTS) is 3. The molecule has 1 atom stereocenters. The molecule has 15 nitrogen and oxygen atoms in total. The molecule has 1 aromatic rings. The maximum Gasteiger partial charge on any atom is 0.317 e. The van der Waals surface area contributed by atoms with E-state index < -0.39 is 36.3 Å². The van der Waals surface area contributed by atoms with Gasteiger partial charge in [-0.25, -0.2) is 0 Å². The van der Waals surface area contributed by atoms with Crippen molar-refractivity contribution in [1.29, 1.82) is 0 Å². The van der Waals surface area contributed by atoms with Crippen molar-refractivity contribution < 1.29 is 44.4 Å². The molecular weight excluding hydrogens is 596 g/mol. The summed E-state index contributed by atoms with van der Waals surface area (Å²) in [4.78, 5) is 70.6. The van der Waals surface area contributed by atoms with Gasteiger partial charge < -0.3 is 25.7 Å². The van der Waals surface area contributed by atoms with Crippen molar-refractivity contribution in [2.75, 3.05) is 78.6 Å². The van der Waals surface area contributed by atoms with E-state index in [0.717, 1.165) is 5.56 Å². The van der Waals surface area contributed by atoms with Crippen LogP contribution in [0.3, 0.4) is 0 Å². The maximum atomic E-state index is 12.9. The molecule has 1 amide bonds. The molecule has 2 rings (SSSR count). The van der Waals surface area contributed by atoms with Crippen LogP contribution in [0, 0.1) is 0 Å². The SMILES string of the molecule is O=C(O)CN1CCN(CC(=O)O)CCN(C(CCC(=O)NCc2ccc(N=C=S)cc2)C(=O)CO)CCN(CC(=O)O)CC1. The molecule has 0 aliphatic carbocycles. The lowest BCUT2D eigenvalue weighted by Gasteiger charge is -2.36. The van der Waals surface area contributed by atoms with Gasteiger partial charge in [-0.05, 0) is 36.3 Å². The first-order chi connectivity index (χ1) is 21.0. The Balaban J connectivity index is 2.17. The number of amides is 1. The van der Waals surface area contributed by atoms with Gasteiger partial charge in [-0.2, -0.15) is 4.99 Å². The minimum Gasteiger partial charge on any atom is -0.480 e. The van der Waals surface area contributed by atoms with Gasteiger partial charge in [0.2, 0.25) is 5.91 Å². The highest BCUT2D eigenvalue weighted by Gasteiger charge is 2.28. The number of hydrogen-bond acceptors (Lipinski definition) is 12. The van der Waals surface area contributed by atoms with E-state index in [-0.39, 0.29) is 97.3 Å². The van der Waals surface area contributed by atoms with E-state index in [1.807, 2.05) is 0 Å². The molecule has 0 saturated carbocycles. The summed E-state index contributed by atoms with van der Waals surface area (Å²) >= 11 is 4.59. The molecule has 5 N–H and O–H groups in total. The first-order valence-corrected chi connectivity index (χ1v) is 14.5. The van der Waals surface area contributed by atoms with Crippen LogP contribution >= 0.6 is 12.2 Å². The average molecular weight is 637 g/mol. The lowest BCUT2D eigenvalue weighted by molar-refractivity contribution is -0.140. The molecule has 242 valence electrons. The molecule has 1 aliphatic rings. The predicted octanol–water partition coefficient (Wildman–Crippen LogP) is -0.777. The zero-order chi connectivity index (χ0) is 32.5. The number of rotatable bonds is 15. The van der Waals surface area contributed by atoms with Crippen LogP contribution in [0.25, 0.3) is 0 Å². The largest absolute Gasteiger partial charge is 0.480 e. The van der Waals surface area contributed by atoms with Crippen molar-refractivity contribution in [2.45, 2.75) is 25.4 Å². The summed E-state index contributed by atoms with van der Waals surface area (Å²) in [6.45, 7) is 0.326. The second-order valence-corrected chi connectivity index (χ2v) is 10.6. The van der Waals surface area contributed by atoms with Crippen LogP contribution in [0.15, 0.2) is 29.3 Å². The lowest BCUT2D eigenvalue weighted by atomic mass is 10.0. The highest BCUT2D eigenvalue weighted by atomic mass is 32.1. The summed E-state index contributed by atoms with van der Waals surface area (Å²) in [5, 5.41) is 43.0. The summed E-state index contributed by atoms with van der Waals surface area (Å²) in [6.07, 6.45) is 0.0554.